The minimum atomic E-state index is -1.13. The molecule has 0 amide bonds. The summed E-state index contributed by atoms with van der Waals surface area (Å²) in [6.45, 7) is 18.0. The highest BCUT2D eigenvalue weighted by molar-refractivity contribution is 6.01. The van der Waals surface area contributed by atoms with Gasteiger partial charge in [0.25, 0.3) is 0 Å². The van der Waals surface area contributed by atoms with E-state index in [2.05, 4.69) is 40.7 Å². The number of epoxide rings is 1. The summed E-state index contributed by atoms with van der Waals surface area (Å²) >= 11 is 0. The van der Waals surface area contributed by atoms with Crippen molar-refractivity contribution in [2.75, 3.05) is 19.8 Å². The Morgan fingerprint density at radius 2 is 1.74 bits per heavy atom. The maximum Gasteiger partial charge on any atom is 0.350 e. The van der Waals surface area contributed by atoms with Gasteiger partial charge in [0.2, 0.25) is 0 Å². The normalized spacial score (nSPS) is 21.3. The summed E-state index contributed by atoms with van der Waals surface area (Å²) in [5.41, 5.74) is 2.69. The number of rotatable bonds is 9. The maximum absolute atomic E-state index is 11.3. The number of benzene rings is 2. The van der Waals surface area contributed by atoms with Gasteiger partial charge in [0.15, 0.2) is 0 Å². The highest BCUT2D eigenvalue weighted by atomic mass is 16.9. The Bertz CT molecular complexity index is 1910. The molecule has 7 rings (SSSR count). The van der Waals surface area contributed by atoms with Crippen LogP contribution in [0.1, 0.15) is 80.2 Å². The molecule has 5 heterocycles. The Labute approximate surface area is 294 Å². The minimum Gasteiger partial charge on any atom is -0.489 e. The average Bonchev–Trinajstić information content (AvgIpc) is 3.32. The van der Waals surface area contributed by atoms with E-state index in [1.165, 1.54) is 18.1 Å². The lowest BCUT2D eigenvalue weighted by Crippen LogP contribution is -2.38. The van der Waals surface area contributed by atoms with Gasteiger partial charge in [0.1, 0.15) is 41.6 Å². The van der Waals surface area contributed by atoms with Crippen LogP contribution in [0, 0.1) is 0 Å². The monoisotopic (exact) mass is 686 g/mol. The number of hydrogen-bond acceptors (Lipinski definition) is 9. The molecule has 0 aliphatic carbocycles. The molecule has 3 aliphatic heterocycles. The van der Waals surface area contributed by atoms with E-state index in [1.807, 2.05) is 69.3 Å². The second-order valence-corrected chi connectivity index (χ2v) is 13.8. The Morgan fingerprint density at radius 3 is 2.44 bits per heavy atom. The molecule has 2 aromatic carbocycles. The van der Waals surface area contributed by atoms with E-state index in [1.54, 1.807) is 18.4 Å². The number of ether oxygens (including phenoxy) is 6. The molecule has 2 unspecified atom stereocenters. The standard InChI is InChI=1S/C23H30O5.C15H12O4.C3H8/c1-16(6-9-20-22(4,5)27-20)11-13-24-18-8-7-17-10-12-23(26-19(17)14-18)25-15-21(2,3)28-23;1-2-3-7-18-15-10-4-5-14(16)19-13(10)9-12-11(15)6-8-17-12;1-3-2/h7-8,10-12,14,20H,6,9,13,15H2,1-5H3;2-6,8-9H,7H2,1H3;3H2,1-2H3/b16-11+;3-2-;. The van der Waals surface area contributed by atoms with Gasteiger partial charge in [-0.05, 0) is 90.8 Å². The quantitative estimate of drug-likeness (QED) is 0.0967. The van der Waals surface area contributed by atoms with Crippen LogP contribution in [0.4, 0.5) is 0 Å². The van der Waals surface area contributed by atoms with E-state index >= 15 is 0 Å². The third-order valence-electron chi connectivity index (χ3n) is 8.26. The zero-order chi connectivity index (χ0) is 35.9. The first-order chi connectivity index (χ1) is 23.9. The van der Waals surface area contributed by atoms with Gasteiger partial charge in [-0.1, -0.05) is 38.0 Å². The average molecular weight is 687 g/mol. The molecule has 4 aromatic rings. The summed E-state index contributed by atoms with van der Waals surface area (Å²) in [5, 5.41) is 1.63. The Kier molecular flexibility index (Phi) is 11.6. The lowest BCUT2D eigenvalue weighted by Gasteiger charge is -2.30. The van der Waals surface area contributed by atoms with Crippen molar-refractivity contribution < 1.29 is 37.3 Å². The molecule has 1 spiro atoms. The second kappa shape index (κ2) is 15.7. The number of fused-ring (bicyclic) bond motifs is 3. The SMILES string of the molecule is C/C(=C\COc1ccc2c(c1)OC1(C=C2)OCC(C)(C)O1)CCC1OC1(C)C.C/C=C\COc1c2ccoc2cc2oc(=O)ccc12.CCC. The van der Waals surface area contributed by atoms with Crippen molar-refractivity contribution in [3.8, 4) is 17.2 Å². The molecule has 2 saturated heterocycles. The first-order valence-corrected chi connectivity index (χ1v) is 17.4. The molecule has 9 heteroatoms. The maximum atomic E-state index is 11.3. The number of hydrogen-bond donors (Lipinski definition) is 0. The van der Waals surface area contributed by atoms with Crippen molar-refractivity contribution in [3.05, 3.63) is 94.6 Å². The van der Waals surface area contributed by atoms with E-state index in [0.717, 1.165) is 34.9 Å². The summed E-state index contributed by atoms with van der Waals surface area (Å²) in [5.74, 6) is 0.997. The molecule has 0 bridgehead atoms. The third kappa shape index (κ3) is 9.27. The molecule has 9 nitrogen and oxygen atoms in total. The van der Waals surface area contributed by atoms with Crippen LogP contribution >= 0.6 is 0 Å². The minimum absolute atomic E-state index is 0.0632. The van der Waals surface area contributed by atoms with Crippen LogP contribution in [-0.2, 0) is 14.2 Å². The fourth-order valence-corrected chi connectivity index (χ4v) is 5.53. The predicted octanol–water partition coefficient (Wildman–Crippen LogP) is 9.76. The van der Waals surface area contributed by atoms with E-state index in [0.29, 0.717) is 48.6 Å². The Balaban J connectivity index is 0.000000192. The van der Waals surface area contributed by atoms with Crippen molar-refractivity contribution in [3.63, 3.8) is 0 Å². The molecule has 0 radical (unpaired) electrons. The lowest BCUT2D eigenvalue weighted by molar-refractivity contribution is -0.266. The summed E-state index contributed by atoms with van der Waals surface area (Å²) in [7, 11) is 0. The van der Waals surface area contributed by atoms with Crippen molar-refractivity contribution in [2.24, 2.45) is 0 Å². The fourth-order valence-electron chi connectivity index (χ4n) is 5.53. The zero-order valence-corrected chi connectivity index (χ0v) is 30.5. The van der Waals surface area contributed by atoms with E-state index < -0.39 is 11.6 Å². The van der Waals surface area contributed by atoms with Crippen LogP contribution in [0.2, 0.25) is 0 Å². The van der Waals surface area contributed by atoms with Crippen molar-refractivity contribution >= 4 is 28.0 Å². The summed E-state index contributed by atoms with van der Waals surface area (Å²) < 4.78 is 45.6. The van der Waals surface area contributed by atoms with Crippen LogP contribution < -0.4 is 19.8 Å². The molecular weight excluding hydrogens is 636 g/mol. The zero-order valence-electron chi connectivity index (χ0n) is 30.5. The second-order valence-electron chi connectivity index (χ2n) is 13.8. The van der Waals surface area contributed by atoms with Gasteiger partial charge < -0.3 is 37.3 Å². The molecule has 3 aliphatic rings. The fraction of sp³-hybridized carbons (Fsp3) is 0.439. The topological polar surface area (TPSA) is 102 Å². The summed E-state index contributed by atoms with van der Waals surface area (Å²) in [6.07, 6.45) is 15.1. The van der Waals surface area contributed by atoms with Crippen LogP contribution in [0.5, 0.6) is 17.2 Å². The molecule has 0 saturated carbocycles. The lowest BCUT2D eigenvalue weighted by atomic mass is 10.0. The molecule has 268 valence electrons. The summed E-state index contributed by atoms with van der Waals surface area (Å²) in [6, 6.07) is 12.5. The van der Waals surface area contributed by atoms with Crippen LogP contribution in [-0.4, -0.2) is 43.1 Å². The van der Waals surface area contributed by atoms with E-state index in [9.17, 15) is 4.79 Å². The van der Waals surface area contributed by atoms with Crippen LogP contribution in [0.25, 0.3) is 28.0 Å². The van der Waals surface area contributed by atoms with Gasteiger partial charge in [-0.3, -0.25) is 0 Å². The van der Waals surface area contributed by atoms with Gasteiger partial charge >= 0.3 is 11.6 Å². The van der Waals surface area contributed by atoms with Crippen LogP contribution in [0.15, 0.2) is 92.2 Å². The Morgan fingerprint density at radius 1 is 0.980 bits per heavy atom. The highest BCUT2D eigenvalue weighted by Gasteiger charge is 2.48. The van der Waals surface area contributed by atoms with Crippen molar-refractivity contribution in [2.45, 2.75) is 97.9 Å². The molecule has 50 heavy (non-hydrogen) atoms. The third-order valence-corrected chi connectivity index (χ3v) is 8.26. The van der Waals surface area contributed by atoms with Gasteiger partial charge in [0, 0.05) is 29.8 Å². The van der Waals surface area contributed by atoms with Crippen molar-refractivity contribution in [1.29, 1.82) is 0 Å². The molecule has 2 fully saturated rings. The highest BCUT2D eigenvalue weighted by Crippen LogP contribution is 2.41. The smallest absolute Gasteiger partial charge is 0.350 e. The van der Waals surface area contributed by atoms with Gasteiger partial charge in [-0.15, -0.1) is 0 Å². The molecule has 2 atom stereocenters. The van der Waals surface area contributed by atoms with E-state index in [-0.39, 0.29) is 11.2 Å². The first kappa shape index (κ1) is 37.0. The van der Waals surface area contributed by atoms with E-state index in [4.69, 9.17) is 37.3 Å². The summed E-state index contributed by atoms with van der Waals surface area (Å²) in [4.78, 5) is 11.3. The largest absolute Gasteiger partial charge is 0.489 e. The Hall–Kier alpha value is -4.31. The van der Waals surface area contributed by atoms with Gasteiger partial charge in [-0.25, -0.2) is 4.79 Å². The first-order valence-electron chi connectivity index (χ1n) is 17.4. The van der Waals surface area contributed by atoms with Gasteiger partial charge in [-0.2, -0.15) is 0 Å². The number of allylic oxidation sites excluding steroid dienone is 2. The molecular formula is C41H50O9. The van der Waals surface area contributed by atoms with Gasteiger partial charge in [0.05, 0.1) is 40.9 Å². The molecule has 2 aromatic heterocycles. The van der Waals surface area contributed by atoms with Crippen molar-refractivity contribution in [1.82, 2.24) is 0 Å². The predicted molar refractivity (Wildman–Crippen MR) is 196 cm³/mol. The van der Waals surface area contributed by atoms with Crippen LogP contribution in [0.3, 0.4) is 0 Å². The number of furan rings is 1. The molecule has 0 N–H and O–H groups in total.